The number of hydrogen-bond acceptors (Lipinski definition) is 6. The minimum absolute atomic E-state index is 0.104. The third-order valence-electron chi connectivity index (χ3n) is 3.29. The highest BCUT2D eigenvalue weighted by Crippen LogP contribution is 2.27. The van der Waals surface area contributed by atoms with Crippen LogP contribution in [0.25, 0.3) is 0 Å². The first-order valence-electron chi connectivity index (χ1n) is 6.93. The van der Waals surface area contributed by atoms with E-state index in [-0.39, 0.29) is 17.2 Å². The average molecular weight is 349 g/mol. The first-order valence-corrected chi connectivity index (χ1v) is 9.07. The Morgan fingerprint density at radius 2 is 2.26 bits per heavy atom. The van der Waals surface area contributed by atoms with Crippen LogP contribution in [0.2, 0.25) is 0 Å². The van der Waals surface area contributed by atoms with E-state index in [9.17, 15) is 9.59 Å². The minimum atomic E-state index is -0.183. The molecule has 1 aromatic heterocycles. The highest BCUT2D eigenvalue weighted by Gasteiger charge is 2.18. The van der Waals surface area contributed by atoms with Crippen LogP contribution in [0.15, 0.2) is 34.2 Å². The summed E-state index contributed by atoms with van der Waals surface area (Å²) in [5, 5.41) is 3.27. The van der Waals surface area contributed by atoms with Crippen molar-refractivity contribution < 1.29 is 9.53 Å². The van der Waals surface area contributed by atoms with Crippen molar-refractivity contribution >= 4 is 35.1 Å². The zero-order chi connectivity index (χ0) is 16.2. The summed E-state index contributed by atoms with van der Waals surface area (Å²) in [7, 11) is 1.55. The Labute approximate surface area is 141 Å². The molecule has 0 atom stereocenters. The van der Waals surface area contributed by atoms with Gasteiger partial charge in [0.05, 0.1) is 24.2 Å². The molecule has 1 amide bonds. The largest absolute Gasteiger partial charge is 0.495 e. The third-order valence-corrected chi connectivity index (χ3v) is 5.13. The quantitative estimate of drug-likeness (QED) is 0.636. The molecule has 0 unspecified atom stereocenters. The van der Waals surface area contributed by atoms with Crippen LogP contribution < -0.4 is 15.6 Å². The summed E-state index contributed by atoms with van der Waals surface area (Å²) in [5.41, 5.74) is 2.09. The molecular formula is C15H15N3O3S2. The van der Waals surface area contributed by atoms with Gasteiger partial charge in [-0.3, -0.25) is 9.59 Å². The number of fused-ring (bicyclic) bond motifs is 1. The van der Waals surface area contributed by atoms with Crippen molar-refractivity contribution in [2.45, 2.75) is 16.7 Å². The number of carbonyl (C=O) groups is 1. The molecule has 2 heterocycles. The Kier molecular flexibility index (Phi) is 4.92. The van der Waals surface area contributed by atoms with Crippen molar-refractivity contribution in [3.05, 3.63) is 45.9 Å². The van der Waals surface area contributed by atoms with Crippen molar-refractivity contribution in [1.82, 2.24) is 9.97 Å². The maximum atomic E-state index is 12.1. The summed E-state index contributed by atoms with van der Waals surface area (Å²) in [5.74, 6) is 2.04. The predicted molar refractivity (Wildman–Crippen MR) is 92.2 cm³/mol. The van der Waals surface area contributed by atoms with Crippen molar-refractivity contribution in [2.24, 2.45) is 0 Å². The second-order valence-electron chi connectivity index (χ2n) is 4.83. The standard InChI is InChI=1S/C15H15N3O3S2/c1-21-12-5-3-2-4-10(12)16-13(19)8-23-15-17-11-7-22-6-9(11)14(20)18-15/h2-5H,6-8H2,1H3,(H,16,19)(H,17,18,20). The smallest absolute Gasteiger partial charge is 0.255 e. The maximum Gasteiger partial charge on any atom is 0.255 e. The number of ether oxygens (including phenoxy) is 1. The Morgan fingerprint density at radius 3 is 3.09 bits per heavy atom. The van der Waals surface area contributed by atoms with Crippen molar-refractivity contribution in [3.8, 4) is 5.75 Å². The number of hydrogen-bond donors (Lipinski definition) is 2. The number of H-pyrrole nitrogens is 1. The van der Waals surface area contributed by atoms with Crippen LogP contribution in [0.3, 0.4) is 0 Å². The van der Waals surface area contributed by atoms with Gasteiger partial charge in [-0.05, 0) is 12.1 Å². The molecule has 2 aromatic rings. The van der Waals surface area contributed by atoms with Crippen LogP contribution >= 0.6 is 23.5 Å². The molecule has 0 aliphatic carbocycles. The third kappa shape index (κ3) is 3.70. The fraction of sp³-hybridized carbons (Fsp3) is 0.267. The summed E-state index contributed by atoms with van der Waals surface area (Å²) in [4.78, 5) is 31.1. The number of nitrogens with one attached hydrogen (secondary N) is 2. The lowest BCUT2D eigenvalue weighted by Crippen LogP contribution is -2.17. The second kappa shape index (κ2) is 7.10. The molecule has 0 bridgehead atoms. The number of methoxy groups -OCH3 is 1. The fourth-order valence-electron chi connectivity index (χ4n) is 2.18. The summed E-state index contributed by atoms with van der Waals surface area (Å²) in [6, 6.07) is 7.21. The van der Waals surface area contributed by atoms with Gasteiger partial charge in [0.1, 0.15) is 5.75 Å². The normalized spacial score (nSPS) is 12.7. The molecular weight excluding hydrogens is 334 g/mol. The predicted octanol–water partition coefficient (Wildman–Crippen LogP) is 2.26. The number of para-hydroxylation sites is 2. The fourth-order valence-corrected chi connectivity index (χ4v) is 3.89. The summed E-state index contributed by atoms with van der Waals surface area (Å²) < 4.78 is 5.19. The number of aromatic nitrogens is 2. The van der Waals surface area contributed by atoms with E-state index in [2.05, 4.69) is 15.3 Å². The number of aromatic amines is 1. The Bertz CT molecular complexity index is 792. The van der Waals surface area contributed by atoms with E-state index in [4.69, 9.17) is 4.74 Å². The van der Waals surface area contributed by atoms with Crippen molar-refractivity contribution in [2.75, 3.05) is 18.2 Å². The molecule has 1 aliphatic rings. The van der Waals surface area contributed by atoms with Gasteiger partial charge in [-0.1, -0.05) is 23.9 Å². The Balaban J connectivity index is 1.63. The van der Waals surface area contributed by atoms with Gasteiger partial charge in [0.25, 0.3) is 5.56 Å². The first kappa shape index (κ1) is 15.9. The van der Waals surface area contributed by atoms with Crippen LogP contribution in [0, 0.1) is 0 Å². The molecule has 8 heteroatoms. The number of nitrogens with zero attached hydrogens (tertiary/aromatic N) is 1. The van der Waals surface area contributed by atoms with E-state index in [0.29, 0.717) is 22.3 Å². The van der Waals surface area contributed by atoms with Gasteiger partial charge in [0, 0.05) is 17.1 Å². The molecule has 6 nitrogen and oxygen atoms in total. The molecule has 0 radical (unpaired) electrons. The van der Waals surface area contributed by atoms with E-state index >= 15 is 0 Å². The minimum Gasteiger partial charge on any atom is -0.495 e. The number of rotatable bonds is 5. The van der Waals surface area contributed by atoms with E-state index in [1.165, 1.54) is 11.8 Å². The zero-order valence-corrected chi connectivity index (χ0v) is 14.1. The van der Waals surface area contributed by atoms with Gasteiger partial charge in [-0.2, -0.15) is 11.8 Å². The van der Waals surface area contributed by atoms with Crippen LogP contribution in [-0.4, -0.2) is 28.7 Å². The molecule has 23 heavy (non-hydrogen) atoms. The van der Waals surface area contributed by atoms with E-state index in [1.54, 1.807) is 31.0 Å². The number of anilines is 1. The van der Waals surface area contributed by atoms with E-state index in [0.717, 1.165) is 17.0 Å². The Morgan fingerprint density at radius 1 is 1.43 bits per heavy atom. The molecule has 1 aromatic carbocycles. The summed E-state index contributed by atoms with van der Waals surface area (Å²) in [6.45, 7) is 0. The van der Waals surface area contributed by atoms with Crippen LogP contribution in [-0.2, 0) is 16.3 Å². The molecule has 120 valence electrons. The molecule has 1 aliphatic heterocycles. The van der Waals surface area contributed by atoms with Crippen LogP contribution in [0.5, 0.6) is 5.75 Å². The maximum absolute atomic E-state index is 12.1. The number of amides is 1. The summed E-state index contributed by atoms with van der Waals surface area (Å²) in [6.07, 6.45) is 0. The lowest BCUT2D eigenvalue weighted by molar-refractivity contribution is -0.113. The Hall–Kier alpha value is -1.93. The van der Waals surface area contributed by atoms with Crippen molar-refractivity contribution in [3.63, 3.8) is 0 Å². The van der Waals surface area contributed by atoms with Gasteiger partial charge >= 0.3 is 0 Å². The van der Waals surface area contributed by atoms with Gasteiger partial charge in [-0.25, -0.2) is 4.98 Å². The summed E-state index contributed by atoms with van der Waals surface area (Å²) >= 11 is 2.88. The molecule has 3 rings (SSSR count). The first-order chi connectivity index (χ1) is 11.2. The molecule has 0 fully saturated rings. The second-order valence-corrected chi connectivity index (χ2v) is 6.78. The molecule has 2 N–H and O–H groups in total. The molecule has 0 saturated carbocycles. The highest BCUT2D eigenvalue weighted by molar-refractivity contribution is 7.99. The van der Waals surface area contributed by atoms with Gasteiger partial charge in [0.2, 0.25) is 5.91 Å². The van der Waals surface area contributed by atoms with Gasteiger partial charge in [0.15, 0.2) is 5.16 Å². The van der Waals surface area contributed by atoms with Gasteiger partial charge < -0.3 is 15.0 Å². The van der Waals surface area contributed by atoms with Crippen LogP contribution in [0.1, 0.15) is 11.3 Å². The number of benzene rings is 1. The number of thioether (sulfide) groups is 2. The monoisotopic (exact) mass is 349 g/mol. The van der Waals surface area contributed by atoms with E-state index < -0.39 is 0 Å². The molecule has 0 spiro atoms. The lowest BCUT2D eigenvalue weighted by atomic mass is 10.3. The highest BCUT2D eigenvalue weighted by atomic mass is 32.2. The van der Waals surface area contributed by atoms with Gasteiger partial charge in [-0.15, -0.1) is 0 Å². The van der Waals surface area contributed by atoms with Crippen molar-refractivity contribution in [1.29, 1.82) is 0 Å². The average Bonchev–Trinajstić information content (AvgIpc) is 3.02. The zero-order valence-electron chi connectivity index (χ0n) is 12.4. The van der Waals surface area contributed by atoms with Crippen LogP contribution in [0.4, 0.5) is 5.69 Å². The SMILES string of the molecule is COc1ccccc1NC(=O)CSc1nc2c(c(=O)[nH]1)CSC2. The van der Waals surface area contributed by atoms with E-state index in [1.807, 2.05) is 12.1 Å². The lowest BCUT2D eigenvalue weighted by Gasteiger charge is -2.09. The topological polar surface area (TPSA) is 84.1 Å². The number of carbonyl (C=O) groups excluding carboxylic acids is 1. The molecule has 0 saturated heterocycles.